The highest BCUT2D eigenvalue weighted by Crippen LogP contribution is 2.72. The van der Waals surface area contributed by atoms with E-state index in [-0.39, 0.29) is 0 Å². The normalized spacial score (nSPS) is 26.1. The second kappa shape index (κ2) is 8.75. The van der Waals surface area contributed by atoms with E-state index < -0.39 is 0 Å². The second-order valence-electron chi connectivity index (χ2n) is 5.58. The van der Waals surface area contributed by atoms with Gasteiger partial charge in [-0.05, 0) is 38.2 Å². The number of rotatable bonds is 2. The third kappa shape index (κ3) is 3.91. The van der Waals surface area contributed by atoms with Crippen LogP contribution < -0.4 is 0 Å². The van der Waals surface area contributed by atoms with Crippen LogP contribution in [0.5, 0.6) is 0 Å². The molecule has 4 aliphatic heterocycles. The summed E-state index contributed by atoms with van der Waals surface area (Å²) < 4.78 is 12.0. The van der Waals surface area contributed by atoms with Gasteiger partial charge in [0.25, 0.3) is 0 Å². The minimum absolute atomic E-state index is 1.31. The molecule has 4 heterocycles. The van der Waals surface area contributed by atoms with Crippen molar-refractivity contribution in [1.82, 2.24) is 0 Å². The topological polar surface area (TPSA) is 0 Å². The number of hydrogen-bond acceptors (Lipinski definition) is 10. The van der Waals surface area contributed by atoms with Crippen LogP contribution in [0.3, 0.4) is 0 Å². The summed E-state index contributed by atoms with van der Waals surface area (Å²) in [6.07, 6.45) is 9.76. The summed E-state index contributed by atoms with van der Waals surface area (Å²) >= 11 is 19.9. The van der Waals surface area contributed by atoms with E-state index in [2.05, 4.69) is 36.0 Å². The molecule has 138 valence electrons. The van der Waals surface area contributed by atoms with Gasteiger partial charge in [0.1, 0.15) is 0 Å². The standard InChI is InChI=1S/C16H14S10/c1-17-9-10(18-2)22-13(21-9)14-25-15-16(26-14)24-12(23-15)11-19-7-5-3-4-6-8(7)20-11/h3-6H2,1-2H3. The molecule has 0 nitrogen and oxygen atoms in total. The fourth-order valence-corrected chi connectivity index (χ4v) is 17.6. The van der Waals surface area contributed by atoms with Crippen molar-refractivity contribution in [1.29, 1.82) is 0 Å². The molecule has 0 fully saturated rings. The number of hydrogen-bond donors (Lipinski definition) is 0. The molecule has 0 aromatic carbocycles. The average molecular weight is 527 g/mol. The van der Waals surface area contributed by atoms with Crippen LogP contribution in [0, 0.1) is 0 Å². The molecule has 5 aliphatic rings. The van der Waals surface area contributed by atoms with Gasteiger partial charge in [0.2, 0.25) is 0 Å². The molecular weight excluding hydrogens is 513 g/mol. The summed E-state index contributed by atoms with van der Waals surface area (Å²) in [5, 5.41) is 0. The number of allylic oxidation sites excluding steroid dienone is 2. The highest BCUT2D eigenvalue weighted by atomic mass is 32.3. The van der Waals surface area contributed by atoms with Crippen LogP contribution >= 0.6 is 118 Å². The molecule has 0 aromatic heterocycles. The van der Waals surface area contributed by atoms with Crippen LogP contribution in [0.1, 0.15) is 25.7 Å². The summed E-state index contributed by atoms with van der Waals surface area (Å²) in [7, 11) is 0. The van der Waals surface area contributed by atoms with E-state index in [9.17, 15) is 0 Å². The largest absolute Gasteiger partial charge is 0.121 e. The summed E-state index contributed by atoms with van der Waals surface area (Å²) in [6, 6.07) is 0. The van der Waals surface area contributed by atoms with Gasteiger partial charge in [-0.15, -0.1) is 23.5 Å². The minimum atomic E-state index is 1.31. The molecule has 0 radical (unpaired) electrons. The molecule has 0 atom stereocenters. The van der Waals surface area contributed by atoms with E-state index >= 15 is 0 Å². The van der Waals surface area contributed by atoms with Crippen molar-refractivity contribution in [3.8, 4) is 0 Å². The van der Waals surface area contributed by atoms with Gasteiger partial charge in [0, 0.05) is 9.81 Å². The first kappa shape index (κ1) is 20.1. The Balaban J connectivity index is 1.27. The van der Waals surface area contributed by atoms with E-state index in [4.69, 9.17) is 0 Å². The SMILES string of the molecule is CSC1=C(SC)SC(=C2SC3=C(SC(=C4SC5=C(CCCC5)S4)S3)S2)S1. The van der Waals surface area contributed by atoms with E-state index in [1.165, 1.54) is 55.3 Å². The summed E-state index contributed by atoms with van der Waals surface area (Å²) in [4.78, 5) is 3.33. The Morgan fingerprint density at radius 1 is 0.500 bits per heavy atom. The Kier molecular flexibility index (Phi) is 6.77. The summed E-state index contributed by atoms with van der Waals surface area (Å²) in [6.45, 7) is 0. The summed E-state index contributed by atoms with van der Waals surface area (Å²) in [5.74, 6) is 0. The Labute approximate surface area is 197 Å². The van der Waals surface area contributed by atoms with Crippen molar-refractivity contribution < 1.29 is 0 Å². The molecule has 0 spiro atoms. The zero-order valence-electron chi connectivity index (χ0n) is 13.9. The fraction of sp³-hybridized carbons (Fsp3) is 0.375. The van der Waals surface area contributed by atoms with Crippen molar-refractivity contribution in [2.24, 2.45) is 0 Å². The van der Waals surface area contributed by atoms with E-state index in [0.717, 1.165) is 0 Å². The van der Waals surface area contributed by atoms with Crippen molar-refractivity contribution >= 4 is 118 Å². The Morgan fingerprint density at radius 2 is 0.846 bits per heavy atom. The maximum absolute atomic E-state index is 2.19. The molecule has 26 heavy (non-hydrogen) atoms. The lowest BCUT2D eigenvalue weighted by molar-refractivity contribution is 0.718. The molecule has 0 amide bonds. The van der Waals surface area contributed by atoms with Crippen LogP contribution in [0.25, 0.3) is 0 Å². The van der Waals surface area contributed by atoms with Gasteiger partial charge in [0.15, 0.2) is 0 Å². The van der Waals surface area contributed by atoms with E-state index in [1.54, 1.807) is 14.0 Å². The molecule has 0 saturated heterocycles. The fourth-order valence-electron chi connectivity index (χ4n) is 2.75. The maximum atomic E-state index is 2.19. The lowest BCUT2D eigenvalue weighted by Crippen LogP contribution is -1.89. The Bertz CT molecular complexity index is 720. The van der Waals surface area contributed by atoms with Crippen molar-refractivity contribution in [2.75, 3.05) is 12.5 Å². The molecule has 0 saturated carbocycles. The summed E-state index contributed by atoms with van der Waals surface area (Å²) in [5.41, 5.74) is 0. The van der Waals surface area contributed by atoms with Gasteiger partial charge in [-0.1, -0.05) is 94.1 Å². The van der Waals surface area contributed by atoms with E-state index in [1.807, 2.05) is 94.1 Å². The zero-order chi connectivity index (χ0) is 17.7. The van der Waals surface area contributed by atoms with Crippen molar-refractivity contribution in [3.63, 3.8) is 0 Å². The first-order chi connectivity index (χ1) is 12.7. The molecule has 0 unspecified atom stereocenters. The third-order valence-corrected chi connectivity index (χ3v) is 18.6. The van der Waals surface area contributed by atoms with Gasteiger partial charge in [-0.2, -0.15) is 0 Å². The molecule has 0 N–H and O–H groups in total. The lowest BCUT2D eigenvalue weighted by atomic mass is 10.1. The van der Waals surface area contributed by atoms with Crippen LogP contribution in [-0.2, 0) is 0 Å². The molecule has 10 heteroatoms. The molecule has 5 rings (SSSR count). The van der Waals surface area contributed by atoms with Crippen LogP contribution in [0.2, 0.25) is 0 Å². The smallest absolute Gasteiger partial charge is 0.0718 e. The van der Waals surface area contributed by atoms with Crippen LogP contribution in [-0.4, -0.2) is 12.5 Å². The first-order valence-electron chi connectivity index (χ1n) is 7.95. The van der Waals surface area contributed by atoms with Gasteiger partial charge in [-0.3, -0.25) is 0 Å². The quantitative estimate of drug-likeness (QED) is 0.339. The van der Waals surface area contributed by atoms with Gasteiger partial charge in [0.05, 0.1) is 33.9 Å². The number of thioether (sulfide) groups is 10. The zero-order valence-corrected chi connectivity index (χ0v) is 22.1. The first-order valence-corrected chi connectivity index (χ1v) is 16.9. The molecule has 1 aliphatic carbocycles. The minimum Gasteiger partial charge on any atom is -0.121 e. The Hall–Kier alpha value is 2.20. The van der Waals surface area contributed by atoms with Gasteiger partial charge in [-0.25, -0.2) is 0 Å². The predicted octanol–water partition coefficient (Wildman–Crippen LogP) is 9.92. The highest BCUT2D eigenvalue weighted by Gasteiger charge is 2.37. The molecule has 0 bridgehead atoms. The monoisotopic (exact) mass is 526 g/mol. The predicted molar refractivity (Wildman–Crippen MR) is 141 cm³/mol. The van der Waals surface area contributed by atoms with Gasteiger partial charge >= 0.3 is 0 Å². The van der Waals surface area contributed by atoms with Crippen LogP contribution in [0.15, 0.2) is 43.7 Å². The molecule has 0 aromatic rings. The Morgan fingerprint density at radius 3 is 1.23 bits per heavy atom. The third-order valence-electron chi connectivity index (χ3n) is 3.95. The van der Waals surface area contributed by atoms with E-state index in [0.29, 0.717) is 0 Å². The molecular formula is C16H14S10. The van der Waals surface area contributed by atoms with Gasteiger partial charge < -0.3 is 0 Å². The maximum Gasteiger partial charge on any atom is 0.0718 e. The highest BCUT2D eigenvalue weighted by molar-refractivity contribution is 8.50. The average Bonchev–Trinajstić information content (AvgIpc) is 3.39. The van der Waals surface area contributed by atoms with Crippen molar-refractivity contribution in [3.05, 3.63) is 43.7 Å². The van der Waals surface area contributed by atoms with Crippen LogP contribution in [0.4, 0.5) is 0 Å². The lowest BCUT2D eigenvalue weighted by Gasteiger charge is -2.09. The van der Waals surface area contributed by atoms with Crippen molar-refractivity contribution in [2.45, 2.75) is 25.7 Å². The second-order valence-corrected chi connectivity index (χ2v) is 17.6.